The van der Waals surface area contributed by atoms with Crippen LogP contribution < -0.4 is 5.32 Å². The van der Waals surface area contributed by atoms with Crippen molar-refractivity contribution in [2.45, 2.75) is 6.42 Å². The first-order valence-corrected chi connectivity index (χ1v) is 5.68. The van der Waals surface area contributed by atoms with Gasteiger partial charge in [0.15, 0.2) is 0 Å². The lowest BCUT2D eigenvalue weighted by atomic mass is 10.0. The van der Waals surface area contributed by atoms with Gasteiger partial charge < -0.3 is 10.4 Å². The van der Waals surface area contributed by atoms with Crippen molar-refractivity contribution in [3.63, 3.8) is 0 Å². The third-order valence-electron chi connectivity index (χ3n) is 2.54. The van der Waals surface area contributed by atoms with Gasteiger partial charge >= 0.3 is 5.97 Å². The molecule has 0 atom stereocenters. The normalized spacial score (nSPS) is 9.40. The number of carbonyl (C=O) groups is 2. The molecule has 0 spiro atoms. The number of carboxylic acids is 1. The first-order chi connectivity index (χ1) is 9.16. The number of nitrogens with zero attached hydrogens (tertiary/aromatic N) is 1. The maximum Gasteiger partial charge on any atom is 0.335 e. The lowest BCUT2D eigenvalue weighted by Crippen LogP contribution is -2.16. The van der Waals surface area contributed by atoms with Crippen molar-refractivity contribution in [1.82, 2.24) is 4.98 Å². The Morgan fingerprint density at radius 3 is 2.55 bits per heavy atom. The highest BCUT2D eigenvalue weighted by molar-refractivity contribution is 5.95. The highest BCUT2D eigenvalue weighted by atomic mass is 35.5. The highest BCUT2D eigenvalue weighted by Gasteiger charge is 2.12. The van der Waals surface area contributed by atoms with Gasteiger partial charge in [-0.25, -0.2) is 4.79 Å². The molecule has 20 heavy (non-hydrogen) atoms. The van der Waals surface area contributed by atoms with Crippen LogP contribution in [0.15, 0.2) is 48.8 Å². The molecule has 6 heteroatoms. The molecule has 5 nitrogen and oxygen atoms in total. The van der Waals surface area contributed by atoms with Crippen LogP contribution in [-0.4, -0.2) is 22.0 Å². The summed E-state index contributed by atoms with van der Waals surface area (Å²) in [5.74, 6) is -1.31. The first-order valence-electron chi connectivity index (χ1n) is 5.68. The molecule has 0 saturated heterocycles. The summed E-state index contributed by atoms with van der Waals surface area (Å²) in [6, 6.07) is 9.88. The number of amides is 1. The number of carbonyl (C=O) groups excluding carboxylic acids is 1. The van der Waals surface area contributed by atoms with Gasteiger partial charge in [-0.05, 0) is 23.8 Å². The lowest BCUT2D eigenvalue weighted by Gasteiger charge is -2.07. The van der Waals surface area contributed by atoms with Crippen LogP contribution in [0.3, 0.4) is 0 Å². The number of aromatic nitrogens is 1. The van der Waals surface area contributed by atoms with Crippen LogP contribution in [-0.2, 0) is 11.2 Å². The number of carboxylic acid groups (broad SMARTS) is 1. The van der Waals surface area contributed by atoms with Crippen molar-refractivity contribution < 1.29 is 14.7 Å². The van der Waals surface area contributed by atoms with Crippen LogP contribution in [0, 0.1) is 0 Å². The Morgan fingerprint density at radius 1 is 1.15 bits per heavy atom. The van der Waals surface area contributed by atoms with Crippen LogP contribution in [0.25, 0.3) is 0 Å². The third kappa shape index (κ3) is 4.07. The fourth-order valence-corrected chi connectivity index (χ4v) is 1.70. The standard InChI is InChI=1S/C14H12N2O3.ClH/c17-13(16-11-5-3-7-15-9-11)8-10-4-1-2-6-12(10)14(18)19;/h1-7,9H,8H2,(H,16,17)(H,18,19);1H. The van der Waals surface area contributed by atoms with E-state index in [0.29, 0.717) is 11.3 Å². The first kappa shape index (κ1) is 15.7. The van der Waals surface area contributed by atoms with E-state index in [1.807, 2.05) is 0 Å². The monoisotopic (exact) mass is 292 g/mol. The molecule has 2 aromatic rings. The molecular weight excluding hydrogens is 280 g/mol. The molecule has 1 aromatic carbocycles. The van der Waals surface area contributed by atoms with Gasteiger partial charge in [-0.15, -0.1) is 12.4 Å². The zero-order valence-corrected chi connectivity index (χ0v) is 11.3. The second kappa shape index (κ2) is 7.25. The molecule has 0 aliphatic heterocycles. The topological polar surface area (TPSA) is 79.3 Å². The largest absolute Gasteiger partial charge is 0.478 e. The van der Waals surface area contributed by atoms with Crippen LogP contribution >= 0.6 is 12.4 Å². The number of rotatable bonds is 4. The molecular formula is C14H13ClN2O3. The second-order valence-corrected chi connectivity index (χ2v) is 3.93. The Morgan fingerprint density at radius 2 is 1.90 bits per heavy atom. The van der Waals surface area contributed by atoms with Crippen molar-refractivity contribution in [2.24, 2.45) is 0 Å². The predicted octanol–water partition coefficient (Wildman–Crippen LogP) is 2.38. The third-order valence-corrected chi connectivity index (χ3v) is 2.54. The summed E-state index contributed by atoms with van der Waals surface area (Å²) >= 11 is 0. The van der Waals surface area contributed by atoms with Gasteiger partial charge in [-0.1, -0.05) is 18.2 Å². The summed E-state index contributed by atoms with van der Waals surface area (Å²) in [5.41, 5.74) is 1.21. The fraction of sp³-hybridized carbons (Fsp3) is 0.0714. The summed E-state index contributed by atoms with van der Waals surface area (Å²) < 4.78 is 0. The molecule has 1 amide bonds. The molecule has 0 aliphatic carbocycles. The highest BCUT2D eigenvalue weighted by Crippen LogP contribution is 2.11. The van der Waals surface area contributed by atoms with Gasteiger partial charge in [0.25, 0.3) is 0 Å². The average molecular weight is 293 g/mol. The second-order valence-electron chi connectivity index (χ2n) is 3.93. The Hall–Kier alpha value is -2.40. The maximum absolute atomic E-state index is 11.8. The number of hydrogen-bond donors (Lipinski definition) is 2. The molecule has 0 unspecified atom stereocenters. The van der Waals surface area contributed by atoms with Crippen molar-refractivity contribution >= 4 is 30.0 Å². The summed E-state index contributed by atoms with van der Waals surface area (Å²) in [5, 5.41) is 11.7. The van der Waals surface area contributed by atoms with E-state index >= 15 is 0 Å². The number of aromatic carboxylic acids is 1. The van der Waals surface area contributed by atoms with E-state index in [4.69, 9.17) is 5.11 Å². The number of hydrogen-bond acceptors (Lipinski definition) is 3. The zero-order valence-electron chi connectivity index (χ0n) is 10.4. The van der Waals surface area contributed by atoms with Crippen LogP contribution in [0.1, 0.15) is 15.9 Å². The van der Waals surface area contributed by atoms with E-state index in [1.54, 1.807) is 36.5 Å². The van der Waals surface area contributed by atoms with Crippen LogP contribution in [0.4, 0.5) is 5.69 Å². The lowest BCUT2D eigenvalue weighted by molar-refractivity contribution is -0.115. The molecule has 2 N–H and O–H groups in total. The van der Waals surface area contributed by atoms with E-state index in [-0.39, 0.29) is 30.3 Å². The van der Waals surface area contributed by atoms with Gasteiger partial charge in [0, 0.05) is 6.20 Å². The molecule has 0 radical (unpaired) electrons. The van der Waals surface area contributed by atoms with Crippen LogP contribution in [0.5, 0.6) is 0 Å². The molecule has 0 fully saturated rings. The van der Waals surface area contributed by atoms with Crippen molar-refractivity contribution in [3.05, 3.63) is 59.9 Å². The fourth-order valence-electron chi connectivity index (χ4n) is 1.70. The van der Waals surface area contributed by atoms with Crippen molar-refractivity contribution in [3.8, 4) is 0 Å². The Balaban J connectivity index is 0.00000200. The molecule has 1 aromatic heterocycles. The van der Waals surface area contributed by atoms with E-state index < -0.39 is 5.97 Å². The Kier molecular flexibility index (Phi) is 5.68. The smallest absolute Gasteiger partial charge is 0.335 e. The molecule has 0 bridgehead atoms. The maximum atomic E-state index is 11.8. The minimum absolute atomic E-state index is 0. The molecule has 0 aliphatic rings. The van der Waals surface area contributed by atoms with Crippen molar-refractivity contribution in [2.75, 3.05) is 5.32 Å². The molecule has 1 heterocycles. The number of benzene rings is 1. The van der Waals surface area contributed by atoms with E-state index in [9.17, 15) is 9.59 Å². The Bertz CT molecular complexity index is 602. The van der Waals surface area contributed by atoms with Gasteiger partial charge in [-0.2, -0.15) is 0 Å². The van der Waals surface area contributed by atoms with Gasteiger partial charge in [-0.3, -0.25) is 9.78 Å². The number of halogens is 1. The molecule has 104 valence electrons. The number of nitrogens with one attached hydrogen (secondary N) is 1. The summed E-state index contributed by atoms with van der Waals surface area (Å²) in [4.78, 5) is 26.7. The summed E-state index contributed by atoms with van der Waals surface area (Å²) in [6.45, 7) is 0. The quantitative estimate of drug-likeness (QED) is 0.907. The van der Waals surface area contributed by atoms with Crippen molar-refractivity contribution in [1.29, 1.82) is 0 Å². The van der Waals surface area contributed by atoms with E-state index in [0.717, 1.165) is 0 Å². The van der Waals surface area contributed by atoms with Gasteiger partial charge in [0.2, 0.25) is 5.91 Å². The van der Waals surface area contributed by atoms with E-state index in [1.165, 1.54) is 12.3 Å². The van der Waals surface area contributed by atoms with Gasteiger partial charge in [0.1, 0.15) is 0 Å². The number of anilines is 1. The summed E-state index contributed by atoms with van der Waals surface area (Å²) in [7, 11) is 0. The average Bonchev–Trinajstić information content (AvgIpc) is 2.40. The Labute approximate surface area is 122 Å². The minimum atomic E-state index is -1.04. The van der Waals surface area contributed by atoms with Crippen LogP contribution in [0.2, 0.25) is 0 Å². The van der Waals surface area contributed by atoms with E-state index in [2.05, 4.69) is 10.3 Å². The SMILES string of the molecule is Cl.O=C(Cc1ccccc1C(=O)O)Nc1cccnc1. The zero-order chi connectivity index (χ0) is 13.7. The predicted molar refractivity (Wildman–Crippen MR) is 77.2 cm³/mol. The molecule has 0 saturated carbocycles. The molecule has 2 rings (SSSR count). The van der Waals surface area contributed by atoms with Gasteiger partial charge in [0.05, 0.1) is 23.9 Å². The number of pyridine rings is 1. The summed E-state index contributed by atoms with van der Waals surface area (Å²) in [6.07, 6.45) is 3.15. The minimum Gasteiger partial charge on any atom is -0.478 e.